The third-order valence-electron chi connectivity index (χ3n) is 5.40. The average molecular weight is 499 g/mol. The molecule has 0 spiro atoms. The molecule has 0 aliphatic carbocycles. The van der Waals surface area contributed by atoms with Crippen LogP contribution in [0.15, 0.2) is 24.4 Å². The lowest BCUT2D eigenvalue weighted by Crippen LogP contribution is -2.29. The minimum absolute atomic E-state index is 0.0180. The monoisotopic (exact) mass is 498 g/mol. The van der Waals surface area contributed by atoms with Crippen molar-refractivity contribution in [3.63, 3.8) is 0 Å². The number of hydrogen-bond donors (Lipinski definition) is 3. The Balaban J connectivity index is 1.63. The molecule has 1 aliphatic heterocycles. The quantitative estimate of drug-likeness (QED) is 0.447. The van der Waals surface area contributed by atoms with Crippen LogP contribution in [0.5, 0.6) is 0 Å². The van der Waals surface area contributed by atoms with E-state index in [1.54, 1.807) is 4.90 Å². The van der Waals surface area contributed by atoms with Crippen molar-refractivity contribution >= 4 is 33.8 Å². The van der Waals surface area contributed by atoms with Gasteiger partial charge in [-0.2, -0.15) is 5.10 Å². The first-order valence-corrected chi connectivity index (χ1v) is 11.3. The number of nitrogen functional groups attached to an aromatic ring is 1. The van der Waals surface area contributed by atoms with Crippen LogP contribution in [0.3, 0.4) is 0 Å². The Hall–Kier alpha value is -3.19. The predicted octanol–water partition coefficient (Wildman–Crippen LogP) is 3.74. The maximum Gasteiger partial charge on any atom is 0.277 e. The van der Waals surface area contributed by atoms with E-state index in [1.807, 2.05) is 0 Å². The molecule has 3 heterocycles. The van der Waals surface area contributed by atoms with Crippen LogP contribution in [0.2, 0.25) is 0 Å². The van der Waals surface area contributed by atoms with Gasteiger partial charge in [0.1, 0.15) is 33.9 Å². The lowest BCUT2D eigenvalue weighted by molar-refractivity contribution is 0.102. The van der Waals surface area contributed by atoms with Crippen LogP contribution in [-0.2, 0) is 6.54 Å². The summed E-state index contributed by atoms with van der Waals surface area (Å²) in [7, 11) is 0. The number of aromatic nitrogens is 3. The summed E-state index contributed by atoms with van der Waals surface area (Å²) in [4.78, 5) is 18.8. The van der Waals surface area contributed by atoms with Crippen molar-refractivity contribution in [1.29, 1.82) is 0 Å². The molecule has 1 fully saturated rings. The average Bonchev–Trinajstić information content (AvgIpc) is 3.27. The van der Waals surface area contributed by atoms with Crippen LogP contribution in [0.1, 0.15) is 29.8 Å². The molecule has 1 unspecified atom stereocenters. The molecule has 4 N–H and O–H groups in total. The zero-order valence-corrected chi connectivity index (χ0v) is 18.7. The number of alkyl halides is 2. The Kier molecular flexibility index (Phi) is 7.03. The Morgan fingerprint density at radius 3 is 2.85 bits per heavy atom. The SMILES string of the molecule is Nc1sc(-c2cc(F)ccc2F)nc1C(=O)Nc1cnn(CC(F)F)c1N1CCCC(O)CC1. The molecule has 1 saturated heterocycles. The van der Waals surface area contributed by atoms with Crippen molar-refractivity contribution < 1.29 is 27.5 Å². The van der Waals surface area contributed by atoms with Crippen LogP contribution in [-0.4, -0.2) is 51.4 Å². The molecule has 34 heavy (non-hydrogen) atoms. The van der Waals surface area contributed by atoms with E-state index in [-0.39, 0.29) is 32.8 Å². The number of nitrogens with zero attached hydrogens (tertiary/aromatic N) is 4. The maximum atomic E-state index is 14.1. The van der Waals surface area contributed by atoms with E-state index >= 15 is 0 Å². The van der Waals surface area contributed by atoms with Gasteiger partial charge in [0, 0.05) is 18.7 Å². The van der Waals surface area contributed by atoms with Crippen LogP contribution in [0.25, 0.3) is 10.6 Å². The van der Waals surface area contributed by atoms with E-state index in [2.05, 4.69) is 15.4 Å². The van der Waals surface area contributed by atoms with E-state index in [0.29, 0.717) is 32.4 Å². The second-order valence-corrected chi connectivity index (χ2v) is 8.87. The third-order valence-corrected chi connectivity index (χ3v) is 6.31. The van der Waals surface area contributed by atoms with Crippen LogP contribution in [0, 0.1) is 11.6 Å². The molecule has 182 valence electrons. The van der Waals surface area contributed by atoms with E-state index in [9.17, 15) is 27.5 Å². The Bertz CT molecular complexity index is 1180. The molecule has 0 bridgehead atoms. The van der Waals surface area contributed by atoms with Crippen molar-refractivity contribution in [3.05, 3.63) is 41.7 Å². The molecular weight excluding hydrogens is 476 g/mol. The van der Waals surface area contributed by atoms with Crippen molar-refractivity contribution in [1.82, 2.24) is 14.8 Å². The molecule has 1 aliphatic rings. The van der Waals surface area contributed by atoms with Crippen molar-refractivity contribution in [2.45, 2.75) is 38.3 Å². The molecule has 0 saturated carbocycles. The number of carbonyl (C=O) groups excluding carboxylic acids is 1. The summed E-state index contributed by atoms with van der Waals surface area (Å²) < 4.78 is 55.1. The summed E-state index contributed by atoms with van der Waals surface area (Å²) in [5, 5.41) is 16.5. The third kappa shape index (κ3) is 5.14. The number of nitrogens with one attached hydrogen (secondary N) is 1. The fraction of sp³-hybridized carbons (Fsp3) is 0.381. The molecule has 8 nitrogen and oxygen atoms in total. The number of carbonyl (C=O) groups is 1. The molecule has 0 radical (unpaired) electrons. The number of nitrogens with two attached hydrogens (primary N) is 1. The molecule has 13 heteroatoms. The number of thiazole rings is 1. The summed E-state index contributed by atoms with van der Waals surface area (Å²) in [6.07, 6.45) is -0.253. The first-order chi connectivity index (χ1) is 16.2. The van der Waals surface area contributed by atoms with E-state index in [4.69, 9.17) is 5.73 Å². The number of hydrogen-bond acceptors (Lipinski definition) is 7. The molecule has 4 rings (SSSR count). The Morgan fingerprint density at radius 1 is 1.29 bits per heavy atom. The topological polar surface area (TPSA) is 109 Å². The number of halogens is 4. The van der Waals surface area contributed by atoms with Gasteiger partial charge >= 0.3 is 0 Å². The second kappa shape index (κ2) is 9.97. The van der Waals surface area contributed by atoms with Crippen molar-refractivity contribution in [3.8, 4) is 10.6 Å². The highest BCUT2D eigenvalue weighted by atomic mass is 32.1. The predicted molar refractivity (Wildman–Crippen MR) is 120 cm³/mol. The first kappa shape index (κ1) is 24.0. The molecule has 1 atom stereocenters. The minimum atomic E-state index is -2.67. The summed E-state index contributed by atoms with van der Waals surface area (Å²) in [5.41, 5.74) is 5.76. The van der Waals surface area contributed by atoms with Gasteiger partial charge in [0.05, 0.1) is 12.3 Å². The van der Waals surface area contributed by atoms with E-state index in [0.717, 1.165) is 34.2 Å². The molecule has 2 aromatic heterocycles. The van der Waals surface area contributed by atoms with Crippen LogP contribution in [0.4, 0.5) is 34.1 Å². The first-order valence-electron chi connectivity index (χ1n) is 10.5. The number of aliphatic hydroxyl groups excluding tert-OH is 1. The maximum absolute atomic E-state index is 14.1. The highest BCUT2D eigenvalue weighted by Crippen LogP contribution is 2.34. The van der Waals surface area contributed by atoms with Gasteiger partial charge in [-0.15, -0.1) is 0 Å². The zero-order valence-electron chi connectivity index (χ0n) is 17.8. The van der Waals surface area contributed by atoms with Crippen LogP contribution < -0.4 is 16.0 Å². The lowest BCUT2D eigenvalue weighted by Gasteiger charge is -2.25. The smallest absolute Gasteiger partial charge is 0.277 e. The number of amides is 1. The Labute approximate surface area is 196 Å². The van der Waals surface area contributed by atoms with Gasteiger partial charge in [0.2, 0.25) is 0 Å². The minimum Gasteiger partial charge on any atom is -0.393 e. The number of benzene rings is 1. The summed E-state index contributed by atoms with van der Waals surface area (Å²) >= 11 is 0.819. The standard InChI is InChI=1S/C21H22F4N6O2S/c22-11-3-4-14(23)13(8-11)20-29-17(18(26)34-20)19(33)28-15-9-27-31(10-16(24)25)21(15)30-6-1-2-12(32)5-7-30/h3-4,8-9,12,16,32H,1-2,5-7,10,26H2,(H,28,33). The van der Waals surface area contributed by atoms with Gasteiger partial charge < -0.3 is 21.1 Å². The molecule has 1 amide bonds. The van der Waals surface area contributed by atoms with Gasteiger partial charge in [-0.1, -0.05) is 11.3 Å². The van der Waals surface area contributed by atoms with Gasteiger partial charge in [-0.05, 0) is 37.5 Å². The number of anilines is 3. The highest BCUT2D eigenvalue weighted by Gasteiger charge is 2.26. The molecular formula is C21H22F4N6O2S. The normalized spacial score (nSPS) is 16.6. The highest BCUT2D eigenvalue weighted by molar-refractivity contribution is 7.19. The van der Waals surface area contributed by atoms with Gasteiger partial charge in [-0.25, -0.2) is 27.2 Å². The summed E-state index contributed by atoms with van der Waals surface area (Å²) in [6.45, 7) is 0.198. The molecule has 3 aromatic rings. The number of aliphatic hydroxyl groups is 1. The second-order valence-electron chi connectivity index (χ2n) is 7.84. The van der Waals surface area contributed by atoms with E-state index < -0.39 is 36.6 Å². The fourth-order valence-electron chi connectivity index (χ4n) is 3.81. The van der Waals surface area contributed by atoms with Gasteiger partial charge in [0.25, 0.3) is 12.3 Å². The van der Waals surface area contributed by atoms with Crippen molar-refractivity contribution in [2.24, 2.45) is 0 Å². The Morgan fingerprint density at radius 2 is 2.09 bits per heavy atom. The van der Waals surface area contributed by atoms with E-state index in [1.165, 1.54) is 6.20 Å². The fourth-order valence-corrected chi connectivity index (χ4v) is 4.65. The number of rotatable bonds is 6. The molecule has 1 aromatic carbocycles. The van der Waals surface area contributed by atoms with Crippen LogP contribution >= 0.6 is 11.3 Å². The zero-order chi connectivity index (χ0) is 24.4. The van der Waals surface area contributed by atoms with Gasteiger partial charge in [-0.3, -0.25) is 4.79 Å². The van der Waals surface area contributed by atoms with Crippen molar-refractivity contribution in [2.75, 3.05) is 29.0 Å². The largest absolute Gasteiger partial charge is 0.393 e. The summed E-state index contributed by atoms with van der Waals surface area (Å²) in [5.74, 6) is -1.85. The van der Waals surface area contributed by atoms with Gasteiger partial charge in [0.15, 0.2) is 11.5 Å². The lowest BCUT2D eigenvalue weighted by atomic mass is 10.2. The summed E-state index contributed by atoms with van der Waals surface area (Å²) in [6, 6.07) is 2.86.